The number of anilines is 1. The molecule has 1 N–H and O–H groups in total. The van der Waals surface area contributed by atoms with Gasteiger partial charge in [0.25, 0.3) is 0 Å². The van der Waals surface area contributed by atoms with E-state index in [0.29, 0.717) is 0 Å². The van der Waals surface area contributed by atoms with Crippen molar-refractivity contribution in [3.05, 3.63) is 65.7 Å². The fourth-order valence-corrected chi connectivity index (χ4v) is 2.61. The molecule has 2 aromatic carbocycles. The summed E-state index contributed by atoms with van der Waals surface area (Å²) in [6.07, 6.45) is 0. The van der Waals surface area contributed by atoms with Crippen LogP contribution in [0.2, 0.25) is 0 Å². The lowest BCUT2D eigenvalue weighted by molar-refractivity contribution is -0.154. The van der Waals surface area contributed by atoms with Gasteiger partial charge in [-0.3, -0.25) is 9.59 Å². The van der Waals surface area contributed by atoms with E-state index in [1.165, 1.54) is 4.90 Å². The first-order valence-electron chi connectivity index (χ1n) is 7.71. The molecule has 1 aliphatic rings. The van der Waals surface area contributed by atoms with Gasteiger partial charge in [-0.15, -0.1) is 0 Å². The Morgan fingerprint density at radius 1 is 1.20 bits per heavy atom. The lowest BCUT2D eigenvalue weighted by Crippen LogP contribution is -2.54. The topological polar surface area (TPSA) is 58.6 Å². The van der Waals surface area contributed by atoms with Crippen molar-refractivity contribution in [3.8, 4) is 0 Å². The number of nitrogens with zero attached hydrogens (tertiary/aromatic N) is 1. The smallest absolute Gasteiger partial charge is 0.249 e. The van der Waals surface area contributed by atoms with E-state index in [-0.39, 0.29) is 31.4 Å². The van der Waals surface area contributed by atoms with Crippen LogP contribution in [0, 0.1) is 11.6 Å². The van der Waals surface area contributed by atoms with E-state index in [4.69, 9.17) is 4.74 Å². The molecule has 1 aliphatic heterocycles. The summed E-state index contributed by atoms with van der Waals surface area (Å²) in [6, 6.07) is 11.0. The molecule has 1 heterocycles. The standard InChI is InChI=1S/C18H16F2N2O3/c19-13-6-7-14(20)15(8-13)21-18(24)16-10-25-11-17(23)22(16)9-12-4-2-1-3-5-12/h1-8,16H,9-11H2,(H,21,24)/t16-/m0/s1. The van der Waals surface area contributed by atoms with Gasteiger partial charge >= 0.3 is 0 Å². The summed E-state index contributed by atoms with van der Waals surface area (Å²) in [7, 11) is 0. The van der Waals surface area contributed by atoms with Crippen molar-refractivity contribution in [2.45, 2.75) is 12.6 Å². The van der Waals surface area contributed by atoms with Crippen molar-refractivity contribution in [2.24, 2.45) is 0 Å². The van der Waals surface area contributed by atoms with Crippen LogP contribution in [0.15, 0.2) is 48.5 Å². The summed E-state index contributed by atoms with van der Waals surface area (Å²) >= 11 is 0. The monoisotopic (exact) mass is 346 g/mol. The quantitative estimate of drug-likeness (QED) is 0.924. The first kappa shape index (κ1) is 17.0. The van der Waals surface area contributed by atoms with Gasteiger partial charge in [0, 0.05) is 12.6 Å². The Labute approximate surface area is 143 Å². The van der Waals surface area contributed by atoms with Crippen LogP contribution in [-0.4, -0.2) is 36.0 Å². The highest BCUT2D eigenvalue weighted by Gasteiger charge is 2.34. The summed E-state index contributed by atoms with van der Waals surface area (Å²) in [6.45, 7) is 0.0963. The molecule has 1 atom stereocenters. The molecule has 0 aliphatic carbocycles. The number of hydrogen-bond acceptors (Lipinski definition) is 3. The minimum Gasteiger partial charge on any atom is -0.369 e. The molecule has 1 saturated heterocycles. The molecule has 0 spiro atoms. The normalized spacial score (nSPS) is 17.4. The van der Waals surface area contributed by atoms with Gasteiger partial charge in [0.2, 0.25) is 11.8 Å². The minimum absolute atomic E-state index is 0.0126. The summed E-state index contributed by atoms with van der Waals surface area (Å²) < 4.78 is 32.1. The number of benzene rings is 2. The molecule has 0 unspecified atom stereocenters. The molecular formula is C18H16F2N2O3. The number of morpholine rings is 1. The Hall–Kier alpha value is -2.80. The van der Waals surface area contributed by atoms with E-state index in [0.717, 1.165) is 23.8 Å². The third-order valence-corrected chi connectivity index (χ3v) is 3.88. The highest BCUT2D eigenvalue weighted by molar-refractivity contribution is 5.98. The van der Waals surface area contributed by atoms with E-state index in [2.05, 4.69) is 5.32 Å². The number of nitrogens with one attached hydrogen (secondary N) is 1. The molecule has 5 nitrogen and oxygen atoms in total. The lowest BCUT2D eigenvalue weighted by Gasteiger charge is -2.34. The number of halogens is 2. The van der Waals surface area contributed by atoms with Gasteiger partial charge in [-0.05, 0) is 17.7 Å². The zero-order valence-electron chi connectivity index (χ0n) is 13.2. The minimum atomic E-state index is -0.927. The Balaban J connectivity index is 1.78. The number of hydrogen-bond donors (Lipinski definition) is 1. The van der Waals surface area contributed by atoms with Gasteiger partial charge in [0.1, 0.15) is 24.3 Å². The van der Waals surface area contributed by atoms with Gasteiger partial charge < -0.3 is 15.0 Å². The van der Waals surface area contributed by atoms with Crippen molar-refractivity contribution in [1.82, 2.24) is 4.90 Å². The molecule has 0 saturated carbocycles. The molecule has 7 heteroatoms. The summed E-state index contributed by atoms with van der Waals surface area (Å²) in [4.78, 5) is 26.1. The van der Waals surface area contributed by atoms with Crippen LogP contribution in [0.5, 0.6) is 0 Å². The third-order valence-electron chi connectivity index (χ3n) is 3.88. The SMILES string of the molecule is O=C(Nc1cc(F)ccc1F)[C@@H]1COCC(=O)N1Cc1ccccc1. The van der Waals surface area contributed by atoms with Gasteiger partial charge in [0.15, 0.2) is 0 Å². The first-order valence-corrected chi connectivity index (χ1v) is 7.71. The number of amides is 2. The van der Waals surface area contributed by atoms with Crippen molar-refractivity contribution in [1.29, 1.82) is 0 Å². The highest BCUT2D eigenvalue weighted by Crippen LogP contribution is 2.19. The first-order chi connectivity index (χ1) is 12.0. The molecule has 0 bridgehead atoms. The van der Waals surface area contributed by atoms with Crippen molar-refractivity contribution >= 4 is 17.5 Å². The number of rotatable bonds is 4. The zero-order valence-corrected chi connectivity index (χ0v) is 13.2. The molecule has 2 amide bonds. The Kier molecular flexibility index (Phi) is 5.04. The third kappa shape index (κ3) is 4.00. The summed E-state index contributed by atoms with van der Waals surface area (Å²) in [5.41, 5.74) is 0.579. The largest absolute Gasteiger partial charge is 0.369 e. The molecule has 3 rings (SSSR count). The molecule has 25 heavy (non-hydrogen) atoms. The average molecular weight is 346 g/mol. The van der Waals surface area contributed by atoms with E-state index in [1.54, 1.807) is 0 Å². The summed E-state index contributed by atoms with van der Waals surface area (Å²) in [5.74, 6) is -2.40. The van der Waals surface area contributed by atoms with Crippen LogP contribution in [-0.2, 0) is 20.9 Å². The lowest BCUT2D eigenvalue weighted by atomic mass is 10.1. The van der Waals surface area contributed by atoms with Crippen molar-refractivity contribution < 1.29 is 23.1 Å². The zero-order chi connectivity index (χ0) is 17.8. The average Bonchev–Trinajstić information content (AvgIpc) is 2.61. The number of carbonyl (C=O) groups excluding carboxylic acids is 2. The summed E-state index contributed by atoms with van der Waals surface area (Å²) in [5, 5.41) is 2.33. The fraction of sp³-hybridized carbons (Fsp3) is 0.222. The van der Waals surface area contributed by atoms with E-state index >= 15 is 0 Å². The second-order valence-electron chi connectivity index (χ2n) is 5.65. The second kappa shape index (κ2) is 7.40. The van der Waals surface area contributed by atoms with Crippen LogP contribution >= 0.6 is 0 Å². The predicted molar refractivity (Wildman–Crippen MR) is 86.6 cm³/mol. The Bertz CT molecular complexity index is 783. The highest BCUT2D eigenvalue weighted by atomic mass is 19.1. The van der Waals surface area contributed by atoms with Gasteiger partial charge in [-0.25, -0.2) is 8.78 Å². The van der Waals surface area contributed by atoms with Crippen LogP contribution < -0.4 is 5.32 Å². The molecule has 2 aromatic rings. The van der Waals surface area contributed by atoms with Gasteiger partial charge in [-0.1, -0.05) is 30.3 Å². The number of ether oxygens (including phenoxy) is 1. The maximum Gasteiger partial charge on any atom is 0.249 e. The maximum atomic E-state index is 13.7. The Morgan fingerprint density at radius 3 is 2.72 bits per heavy atom. The Morgan fingerprint density at radius 2 is 1.96 bits per heavy atom. The van der Waals surface area contributed by atoms with Gasteiger partial charge in [0.05, 0.1) is 12.3 Å². The van der Waals surface area contributed by atoms with Crippen LogP contribution in [0.3, 0.4) is 0 Å². The van der Waals surface area contributed by atoms with Crippen LogP contribution in [0.4, 0.5) is 14.5 Å². The van der Waals surface area contributed by atoms with Crippen LogP contribution in [0.1, 0.15) is 5.56 Å². The molecular weight excluding hydrogens is 330 g/mol. The molecule has 130 valence electrons. The fourth-order valence-electron chi connectivity index (χ4n) is 2.61. The predicted octanol–water partition coefficient (Wildman–Crippen LogP) is 2.33. The molecule has 0 radical (unpaired) electrons. The van der Waals surface area contributed by atoms with E-state index in [1.807, 2.05) is 30.3 Å². The maximum absolute atomic E-state index is 13.7. The second-order valence-corrected chi connectivity index (χ2v) is 5.65. The number of carbonyl (C=O) groups is 2. The van der Waals surface area contributed by atoms with Crippen molar-refractivity contribution in [2.75, 3.05) is 18.5 Å². The molecule has 0 aromatic heterocycles. The van der Waals surface area contributed by atoms with E-state index < -0.39 is 23.6 Å². The van der Waals surface area contributed by atoms with E-state index in [9.17, 15) is 18.4 Å². The molecule has 1 fully saturated rings. The van der Waals surface area contributed by atoms with Gasteiger partial charge in [-0.2, -0.15) is 0 Å². The van der Waals surface area contributed by atoms with Crippen molar-refractivity contribution in [3.63, 3.8) is 0 Å². The van der Waals surface area contributed by atoms with Crippen LogP contribution in [0.25, 0.3) is 0 Å².